The van der Waals surface area contributed by atoms with E-state index in [-0.39, 0.29) is 23.9 Å². The quantitative estimate of drug-likeness (QED) is 0.673. The van der Waals surface area contributed by atoms with Gasteiger partial charge in [0.2, 0.25) is 10.0 Å². The van der Waals surface area contributed by atoms with Crippen LogP contribution in [0.5, 0.6) is 11.5 Å². The van der Waals surface area contributed by atoms with Crippen molar-refractivity contribution in [2.75, 3.05) is 40.4 Å². The molecule has 0 aliphatic carbocycles. The lowest BCUT2D eigenvalue weighted by Gasteiger charge is -2.34. The highest BCUT2D eigenvalue weighted by Gasteiger charge is 2.31. The van der Waals surface area contributed by atoms with Crippen molar-refractivity contribution >= 4 is 31.9 Å². The molecule has 2 aromatic carbocycles. The summed E-state index contributed by atoms with van der Waals surface area (Å²) in [4.78, 5) is 14.7. The van der Waals surface area contributed by atoms with E-state index in [1.807, 2.05) is 0 Å². The van der Waals surface area contributed by atoms with Crippen LogP contribution in [-0.2, 0) is 10.0 Å². The maximum absolute atomic E-state index is 12.9. The number of methoxy groups -OCH3 is 2. The number of carbonyl (C=O) groups excluding carboxylic acids is 1. The van der Waals surface area contributed by atoms with Crippen LogP contribution in [0.2, 0.25) is 0 Å². The standard InChI is InChI=1S/C19H21BrN2O5S/c1-26-16-8-7-14(13-17(16)27-2)19(23)21-9-11-22(12-10-21)28(24,25)18-6-4-3-5-15(18)20/h3-8,13H,9-12H2,1-2H3. The fourth-order valence-electron chi connectivity index (χ4n) is 3.08. The highest BCUT2D eigenvalue weighted by atomic mass is 79.9. The van der Waals surface area contributed by atoms with Gasteiger partial charge in [0.15, 0.2) is 11.5 Å². The van der Waals surface area contributed by atoms with Crippen molar-refractivity contribution in [3.05, 3.63) is 52.5 Å². The molecule has 3 rings (SSSR count). The second kappa shape index (κ2) is 8.50. The first-order valence-corrected chi connectivity index (χ1v) is 10.9. The van der Waals surface area contributed by atoms with E-state index >= 15 is 0 Å². The van der Waals surface area contributed by atoms with E-state index in [4.69, 9.17) is 9.47 Å². The summed E-state index contributed by atoms with van der Waals surface area (Å²) in [6.07, 6.45) is 0. The number of halogens is 1. The normalized spacial score (nSPS) is 15.3. The second-order valence-corrected chi connectivity index (χ2v) is 8.96. The van der Waals surface area contributed by atoms with Gasteiger partial charge in [-0.25, -0.2) is 8.42 Å². The van der Waals surface area contributed by atoms with Gasteiger partial charge in [-0.1, -0.05) is 12.1 Å². The summed E-state index contributed by atoms with van der Waals surface area (Å²) < 4.78 is 38.1. The number of piperazine rings is 1. The lowest BCUT2D eigenvalue weighted by atomic mass is 10.1. The molecule has 7 nitrogen and oxygen atoms in total. The van der Waals surface area contributed by atoms with Crippen molar-refractivity contribution in [1.29, 1.82) is 0 Å². The molecule has 1 aliphatic rings. The molecule has 1 saturated heterocycles. The van der Waals surface area contributed by atoms with E-state index in [0.717, 1.165) is 0 Å². The summed E-state index contributed by atoms with van der Waals surface area (Å²) in [6, 6.07) is 11.7. The Labute approximate surface area is 173 Å². The Morgan fingerprint density at radius 2 is 1.61 bits per heavy atom. The predicted octanol–water partition coefficient (Wildman–Crippen LogP) is 2.61. The van der Waals surface area contributed by atoms with Crippen molar-refractivity contribution < 1.29 is 22.7 Å². The Morgan fingerprint density at radius 1 is 0.964 bits per heavy atom. The number of hydrogen-bond acceptors (Lipinski definition) is 5. The van der Waals surface area contributed by atoms with Crippen LogP contribution in [0.1, 0.15) is 10.4 Å². The molecule has 1 amide bonds. The minimum absolute atomic E-state index is 0.168. The Bertz CT molecular complexity index is 972. The van der Waals surface area contributed by atoms with Gasteiger partial charge in [0, 0.05) is 36.2 Å². The molecule has 1 fully saturated rings. The maximum atomic E-state index is 12.9. The zero-order valence-electron chi connectivity index (χ0n) is 15.6. The molecule has 1 heterocycles. The minimum Gasteiger partial charge on any atom is -0.493 e. The first kappa shape index (κ1) is 20.6. The average molecular weight is 469 g/mol. The third-order valence-electron chi connectivity index (χ3n) is 4.61. The molecule has 0 bridgehead atoms. The molecular formula is C19H21BrN2O5S. The lowest BCUT2D eigenvalue weighted by molar-refractivity contribution is 0.0697. The highest BCUT2D eigenvalue weighted by molar-refractivity contribution is 9.10. The SMILES string of the molecule is COc1ccc(C(=O)N2CCN(S(=O)(=O)c3ccccc3Br)CC2)cc1OC. The third kappa shape index (κ3) is 4.01. The summed E-state index contributed by atoms with van der Waals surface area (Å²) in [5, 5.41) is 0. The molecule has 9 heteroatoms. The highest BCUT2D eigenvalue weighted by Crippen LogP contribution is 2.29. The molecule has 0 saturated carbocycles. The number of hydrogen-bond donors (Lipinski definition) is 0. The largest absolute Gasteiger partial charge is 0.493 e. The molecule has 0 spiro atoms. The fourth-order valence-corrected chi connectivity index (χ4v) is 5.46. The van der Waals surface area contributed by atoms with Gasteiger partial charge in [-0.05, 0) is 46.3 Å². The summed E-state index contributed by atoms with van der Waals surface area (Å²) >= 11 is 3.30. The molecule has 2 aromatic rings. The number of rotatable bonds is 5. The van der Waals surface area contributed by atoms with Crippen LogP contribution in [0.25, 0.3) is 0 Å². The minimum atomic E-state index is -3.61. The van der Waals surface area contributed by atoms with Crippen molar-refractivity contribution in [2.24, 2.45) is 0 Å². The Kier molecular flexibility index (Phi) is 6.26. The number of benzene rings is 2. The Balaban J connectivity index is 1.72. The molecule has 28 heavy (non-hydrogen) atoms. The average Bonchev–Trinajstić information content (AvgIpc) is 2.73. The van der Waals surface area contributed by atoms with Crippen molar-refractivity contribution in [3.63, 3.8) is 0 Å². The summed E-state index contributed by atoms with van der Waals surface area (Å²) in [5.41, 5.74) is 0.472. The Morgan fingerprint density at radius 3 is 2.21 bits per heavy atom. The van der Waals surface area contributed by atoms with Gasteiger partial charge >= 0.3 is 0 Å². The predicted molar refractivity (Wildman–Crippen MR) is 108 cm³/mol. The van der Waals surface area contributed by atoms with E-state index in [2.05, 4.69) is 15.9 Å². The van der Waals surface area contributed by atoms with Gasteiger partial charge in [0.1, 0.15) is 0 Å². The summed E-state index contributed by atoms with van der Waals surface area (Å²) in [5.74, 6) is 0.853. The van der Waals surface area contributed by atoms with Crippen LogP contribution in [0.3, 0.4) is 0 Å². The molecule has 0 unspecified atom stereocenters. The van der Waals surface area contributed by atoms with Gasteiger partial charge in [-0.15, -0.1) is 0 Å². The molecule has 0 atom stereocenters. The van der Waals surface area contributed by atoms with Gasteiger partial charge in [-0.2, -0.15) is 4.31 Å². The van der Waals surface area contributed by atoms with E-state index in [1.54, 1.807) is 47.4 Å². The number of sulfonamides is 1. The monoisotopic (exact) mass is 468 g/mol. The molecule has 0 N–H and O–H groups in total. The first-order chi connectivity index (χ1) is 13.4. The lowest BCUT2D eigenvalue weighted by Crippen LogP contribution is -2.50. The van der Waals surface area contributed by atoms with Crippen molar-refractivity contribution in [2.45, 2.75) is 4.90 Å². The van der Waals surface area contributed by atoms with Gasteiger partial charge in [0.25, 0.3) is 5.91 Å². The number of ether oxygens (including phenoxy) is 2. The van der Waals surface area contributed by atoms with Gasteiger partial charge < -0.3 is 14.4 Å². The third-order valence-corrected chi connectivity index (χ3v) is 7.52. The molecule has 150 valence electrons. The van der Waals surface area contributed by atoms with E-state index in [1.165, 1.54) is 18.5 Å². The van der Waals surface area contributed by atoms with Crippen LogP contribution in [0.15, 0.2) is 51.8 Å². The van der Waals surface area contributed by atoms with Gasteiger partial charge in [0.05, 0.1) is 19.1 Å². The topological polar surface area (TPSA) is 76.2 Å². The first-order valence-electron chi connectivity index (χ1n) is 8.64. The number of amides is 1. The number of carbonyl (C=O) groups is 1. The van der Waals surface area contributed by atoms with E-state index in [9.17, 15) is 13.2 Å². The molecule has 0 radical (unpaired) electrons. The van der Waals surface area contributed by atoms with Crippen LogP contribution >= 0.6 is 15.9 Å². The smallest absolute Gasteiger partial charge is 0.254 e. The van der Waals surface area contributed by atoms with Crippen LogP contribution in [0, 0.1) is 0 Å². The van der Waals surface area contributed by atoms with E-state index in [0.29, 0.717) is 34.6 Å². The summed E-state index contributed by atoms with van der Waals surface area (Å²) in [7, 11) is -0.571. The van der Waals surface area contributed by atoms with E-state index < -0.39 is 10.0 Å². The number of nitrogens with zero attached hydrogens (tertiary/aromatic N) is 2. The zero-order valence-corrected chi connectivity index (χ0v) is 18.0. The Hall–Kier alpha value is -2.10. The molecular weight excluding hydrogens is 448 g/mol. The maximum Gasteiger partial charge on any atom is 0.254 e. The second-order valence-electron chi connectivity index (χ2n) is 6.20. The van der Waals surface area contributed by atoms with Gasteiger partial charge in [-0.3, -0.25) is 4.79 Å². The van der Waals surface area contributed by atoms with Crippen molar-refractivity contribution in [1.82, 2.24) is 9.21 Å². The van der Waals surface area contributed by atoms with Crippen molar-refractivity contribution in [3.8, 4) is 11.5 Å². The molecule has 0 aromatic heterocycles. The fraction of sp³-hybridized carbons (Fsp3) is 0.316. The summed E-state index contributed by atoms with van der Waals surface area (Å²) in [6.45, 7) is 1.11. The van der Waals surface area contributed by atoms with Crippen LogP contribution in [0.4, 0.5) is 0 Å². The van der Waals surface area contributed by atoms with Crippen LogP contribution < -0.4 is 9.47 Å². The van der Waals surface area contributed by atoms with Crippen LogP contribution in [-0.4, -0.2) is 63.9 Å². The molecule has 1 aliphatic heterocycles. The zero-order chi connectivity index (χ0) is 20.3.